The highest BCUT2D eigenvalue weighted by Crippen LogP contribution is 2.38. The number of imidazole rings is 1. The molecule has 2 rings (SSSR count). The summed E-state index contributed by atoms with van der Waals surface area (Å²) < 4.78 is 0. The number of hydrogen-bond acceptors (Lipinski definition) is 7. The number of carboxylic acids is 1. The molecule has 1 amide bonds. The van der Waals surface area contributed by atoms with Crippen LogP contribution < -0.4 is 16.8 Å². The van der Waals surface area contributed by atoms with Crippen molar-refractivity contribution in [2.75, 3.05) is 6.54 Å². The van der Waals surface area contributed by atoms with Gasteiger partial charge in [-0.1, -0.05) is 6.42 Å². The molecule has 30 heavy (non-hydrogen) atoms. The molecular weight excluding hydrogens is 459 g/mol. The van der Waals surface area contributed by atoms with Crippen molar-refractivity contribution in [3.8, 4) is 0 Å². The number of nitrogens with two attached hydrogens (primary N) is 2. The van der Waals surface area contributed by atoms with Crippen LogP contribution in [0.15, 0.2) is 12.5 Å². The second kappa shape index (κ2) is 14.1. The minimum Gasteiger partial charge on any atom is -0.480 e. The van der Waals surface area contributed by atoms with Gasteiger partial charge in [0.15, 0.2) is 0 Å². The van der Waals surface area contributed by atoms with Crippen LogP contribution in [0.2, 0.25) is 6.32 Å². The second-order valence-electron chi connectivity index (χ2n) is 7.36. The van der Waals surface area contributed by atoms with Gasteiger partial charge in [-0.25, -0.2) is 4.98 Å². The van der Waals surface area contributed by atoms with Crippen LogP contribution in [0.1, 0.15) is 31.4 Å². The highest BCUT2D eigenvalue weighted by atomic mass is 35.5. The maximum Gasteiger partial charge on any atom is 0.451 e. The van der Waals surface area contributed by atoms with Crippen LogP contribution in [0.3, 0.4) is 0 Å². The Hall–Kier alpha value is -1.08. The van der Waals surface area contributed by atoms with Crippen LogP contribution in [0, 0.1) is 11.8 Å². The maximum absolute atomic E-state index is 12.2. The summed E-state index contributed by atoms with van der Waals surface area (Å²) in [6.45, 7) is 0.130. The number of aromatic nitrogens is 2. The van der Waals surface area contributed by atoms with Crippen LogP contribution in [-0.4, -0.2) is 62.2 Å². The van der Waals surface area contributed by atoms with E-state index in [1.54, 1.807) is 6.20 Å². The van der Waals surface area contributed by atoms with Crippen LogP contribution in [0.25, 0.3) is 0 Å². The number of aliphatic carboxylic acids is 1. The van der Waals surface area contributed by atoms with Gasteiger partial charge in [0.05, 0.1) is 18.1 Å². The number of nitrogens with zero attached hydrogens (tertiary/aromatic N) is 1. The number of H-pyrrole nitrogens is 1. The van der Waals surface area contributed by atoms with Crippen molar-refractivity contribution < 1.29 is 24.7 Å². The standard InChI is InChI=1S/C16H28BN5O5.3ClH/c18-13(5-12-8-20-9-22-12)14(23)21-7-11-2-1-10(3-4-17(26)27)6-16(11,19)15(24)25;;;/h8-11,13,26-27H,1-7,18-19H2,(H,20,22)(H,21,23)(H,24,25);3*1H/t10-,11-,13-,16+;;;/m0.../s1. The quantitative estimate of drug-likeness (QED) is 0.230. The number of rotatable bonds is 9. The molecular formula is C16H31BCl3N5O5. The zero-order valence-corrected chi connectivity index (χ0v) is 18.8. The first-order chi connectivity index (χ1) is 12.7. The minimum absolute atomic E-state index is 0. The lowest BCUT2D eigenvalue weighted by Gasteiger charge is -2.41. The Morgan fingerprint density at radius 1 is 1.33 bits per heavy atom. The Morgan fingerprint density at radius 3 is 2.53 bits per heavy atom. The van der Waals surface area contributed by atoms with Gasteiger partial charge < -0.3 is 36.9 Å². The Morgan fingerprint density at radius 2 is 2.00 bits per heavy atom. The van der Waals surface area contributed by atoms with E-state index in [-0.39, 0.29) is 74.8 Å². The first kappa shape index (κ1) is 31.1. The molecule has 0 saturated heterocycles. The molecule has 14 heteroatoms. The molecule has 1 saturated carbocycles. The van der Waals surface area contributed by atoms with Crippen LogP contribution in [-0.2, 0) is 16.0 Å². The fourth-order valence-corrected chi connectivity index (χ4v) is 3.69. The molecule has 174 valence electrons. The van der Waals surface area contributed by atoms with Gasteiger partial charge in [0.1, 0.15) is 5.54 Å². The van der Waals surface area contributed by atoms with Crippen molar-refractivity contribution in [2.24, 2.45) is 23.3 Å². The van der Waals surface area contributed by atoms with Gasteiger partial charge in [0.25, 0.3) is 0 Å². The number of carboxylic acid groups (broad SMARTS) is 1. The lowest BCUT2D eigenvalue weighted by atomic mass is 9.66. The lowest BCUT2D eigenvalue weighted by Crippen LogP contribution is -2.60. The topological polar surface area (TPSA) is 188 Å². The predicted octanol–water partition coefficient (Wildman–Crippen LogP) is -0.278. The van der Waals surface area contributed by atoms with Crippen molar-refractivity contribution in [3.05, 3.63) is 18.2 Å². The Kier molecular flexibility index (Phi) is 14.6. The van der Waals surface area contributed by atoms with E-state index in [4.69, 9.17) is 21.5 Å². The lowest BCUT2D eigenvalue weighted by molar-refractivity contribution is -0.148. The van der Waals surface area contributed by atoms with Gasteiger partial charge in [-0.15, -0.1) is 37.2 Å². The highest BCUT2D eigenvalue weighted by molar-refractivity contribution is 6.40. The summed E-state index contributed by atoms with van der Waals surface area (Å²) in [5, 5.41) is 30.4. The molecule has 1 fully saturated rings. The van der Waals surface area contributed by atoms with Crippen molar-refractivity contribution >= 4 is 56.2 Å². The van der Waals surface area contributed by atoms with E-state index >= 15 is 0 Å². The number of amides is 1. The van der Waals surface area contributed by atoms with Crippen molar-refractivity contribution in [1.82, 2.24) is 15.3 Å². The molecule has 0 radical (unpaired) electrons. The number of carbonyl (C=O) groups excluding carboxylic acids is 1. The van der Waals surface area contributed by atoms with Gasteiger partial charge in [-0.2, -0.15) is 0 Å². The fourth-order valence-electron chi connectivity index (χ4n) is 3.69. The summed E-state index contributed by atoms with van der Waals surface area (Å²) in [5.74, 6) is -1.92. The molecule has 0 spiro atoms. The van der Waals surface area contributed by atoms with E-state index in [9.17, 15) is 14.7 Å². The first-order valence-electron chi connectivity index (χ1n) is 9.11. The summed E-state index contributed by atoms with van der Waals surface area (Å²) >= 11 is 0. The van der Waals surface area contributed by atoms with Crippen molar-refractivity contribution in [2.45, 2.75) is 50.0 Å². The van der Waals surface area contributed by atoms with E-state index < -0.39 is 30.6 Å². The molecule has 1 aliphatic rings. The Bertz CT molecular complexity index is 643. The van der Waals surface area contributed by atoms with Crippen LogP contribution in [0.5, 0.6) is 0 Å². The number of aromatic amines is 1. The summed E-state index contributed by atoms with van der Waals surface area (Å²) in [7, 11) is -1.41. The monoisotopic (exact) mass is 489 g/mol. The van der Waals surface area contributed by atoms with Crippen molar-refractivity contribution in [3.63, 3.8) is 0 Å². The Labute approximate surface area is 194 Å². The molecule has 1 aromatic heterocycles. The van der Waals surface area contributed by atoms with Gasteiger partial charge >= 0.3 is 13.1 Å². The summed E-state index contributed by atoms with van der Waals surface area (Å²) in [4.78, 5) is 30.8. The van der Waals surface area contributed by atoms with E-state index in [0.717, 1.165) is 6.42 Å². The third kappa shape index (κ3) is 8.58. The van der Waals surface area contributed by atoms with Gasteiger partial charge in [-0.05, 0) is 31.5 Å². The summed E-state index contributed by atoms with van der Waals surface area (Å²) in [6, 6.07) is -0.785. The van der Waals surface area contributed by atoms with Gasteiger partial charge in [-0.3, -0.25) is 9.59 Å². The average molecular weight is 491 g/mol. The minimum atomic E-state index is -1.47. The SMILES string of the molecule is Cl.Cl.Cl.N[C@@H](Cc1c[nH]cn1)C(=O)NC[C@@H]1CC[C@@H](CCB(O)O)C[C@]1(N)C(=O)O. The molecule has 0 unspecified atom stereocenters. The van der Waals surface area contributed by atoms with E-state index in [1.807, 2.05) is 0 Å². The third-order valence-corrected chi connectivity index (χ3v) is 5.35. The fraction of sp³-hybridized carbons (Fsp3) is 0.688. The highest BCUT2D eigenvalue weighted by Gasteiger charge is 2.47. The molecule has 10 nitrogen and oxygen atoms in total. The largest absolute Gasteiger partial charge is 0.480 e. The average Bonchev–Trinajstić information content (AvgIpc) is 3.11. The third-order valence-electron chi connectivity index (χ3n) is 5.35. The van der Waals surface area contributed by atoms with Gasteiger partial charge in [0.2, 0.25) is 5.91 Å². The number of carbonyl (C=O) groups is 2. The molecule has 1 heterocycles. The zero-order chi connectivity index (χ0) is 20.0. The van der Waals surface area contributed by atoms with E-state index in [0.29, 0.717) is 18.5 Å². The Balaban J connectivity index is 0. The van der Waals surface area contributed by atoms with Crippen LogP contribution >= 0.6 is 37.2 Å². The number of nitrogens with one attached hydrogen (secondary N) is 2. The van der Waals surface area contributed by atoms with Gasteiger partial charge in [0, 0.05) is 25.1 Å². The smallest absolute Gasteiger partial charge is 0.451 e. The van der Waals surface area contributed by atoms with Crippen molar-refractivity contribution in [1.29, 1.82) is 0 Å². The van der Waals surface area contributed by atoms with Crippen LogP contribution in [0.4, 0.5) is 0 Å². The zero-order valence-electron chi connectivity index (χ0n) is 16.4. The molecule has 4 atom stereocenters. The molecule has 9 N–H and O–H groups in total. The number of halogens is 3. The maximum atomic E-state index is 12.2. The summed E-state index contributed by atoms with van der Waals surface area (Å²) in [5.41, 5.74) is 11.3. The summed E-state index contributed by atoms with van der Waals surface area (Å²) in [6.07, 6.45) is 5.61. The normalized spacial score (nSPS) is 23.7. The number of hydrogen-bond donors (Lipinski definition) is 7. The molecule has 0 aromatic carbocycles. The molecule has 0 aliphatic heterocycles. The predicted molar refractivity (Wildman–Crippen MR) is 120 cm³/mol. The second-order valence-corrected chi connectivity index (χ2v) is 7.36. The molecule has 0 bridgehead atoms. The van der Waals surface area contributed by atoms with E-state index in [1.165, 1.54) is 6.33 Å². The molecule has 1 aliphatic carbocycles. The molecule has 1 aromatic rings. The van der Waals surface area contributed by atoms with E-state index in [2.05, 4.69) is 15.3 Å². The first-order valence-corrected chi connectivity index (χ1v) is 9.11.